The van der Waals surface area contributed by atoms with Crippen molar-refractivity contribution in [1.29, 1.82) is 0 Å². The van der Waals surface area contributed by atoms with E-state index >= 15 is 0 Å². The normalized spacial score (nSPS) is 14.8. The Balaban J connectivity index is 1.20. The van der Waals surface area contributed by atoms with E-state index in [1.807, 2.05) is 29.2 Å². The van der Waals surface area contributed by atoms with Gasteiger partial charge in [-0.15, -0.1) is 0 Å². The fraction of sp³-hybridized carbons (Fsp3) is 0.435. The van der Waals surface area contributed by atoms with Gasteiger partial charge in [-0.25, -0.2) is 0 Å². The van der Waals surface area contributed by atoms with E-state index in [-0.39, 0.29) is 5.91 Å². The molecule has 1 aliphatic heterocycles. The molecule has 0 saturated carbocycles. The zero-order valence-electron chi connectivity index (χ0n) is 18.0. The predicted molar refractivity (Wildman–Crippen MR) is 115 cm³/mol. The van der Waals surface area contributed by atoms with Crippen LogP contribution in [0.2, 0.25) is 0 Å². The molecule has 0 atom stereocenters. The van der Waals surface area contributed by atoms with Crippen LogP contribution < -0.4 is 0 Å². The molecule has 1 aliphatic rings. The zero-order chi connectivity index (χ0) is 21.6. The van der Waals surface area contributed by atoms with Crippen LogP contribution in [0.3, 0.4) is 0 Å². The van der Waals surface area contributed by atoms with Crippen LogP contribution in [0.1, 0.15) is 34.2 Å². The van der Waals surface area contributed by atoms with Gasteiger partial charge < -0.3 is 18.6 Å². The van der Waals surface area contributed by atoms with Gasteiger partial charge in [-0.3, -0.25) is 9.69 Å². The van der Waals surface area contributed by atoms with E-state index in [0.29, 0.717) is 42.9 Å². The average molecular weight is 425 g/mol. The molecule has 3 heterocycles. The molecule has 0 aliphatic carbocycles. The van der Waals surface area contributed by atoms with Crippen LogP contribution in [-0.4, -0.2) is 65.7 Å². The maximum Gasteiger partial charge on any atom is 0.289 e. The quantitative estimate of drug-likeness (QED) is 0.549. The van der Waals surface area contributed by atoms with Crippen molar-refractivity contribution in [2.24, 2.45) is 0 Å². The van der Waals surface area contributed by atoms with Gasteiger partial charge in [-0.2, -0.15) is 4.98 Å². The molecule has 0 spiro atoms. The number of aryl methyl sites for hydroxylation is 2. The number of methoxy groups -OCH3 is 1. The Bertz CT molecular complexity index is 987. The molecular formula is C23H28N4O4. The minimum Gasteiger partial charge on any atom is -0.453 e. The largest absolute Gasteiger partial charge is 0.453 e. The first-order valence-electron chi connectivity index (χ1n) is 10.6. The summed E-state index contributed by atoms with van der Waals surface area (Å²) in [4.78, 5) is 21.3. The van der Waals surface area contributed by atoms with E-state index in [0.717, 1.165) is 38.0 Å². The lowest BCUT2D eigenvalue weighted by Crippen LogP contribution is -2.48. The highest BCUT2D eigenvalue weighted by Crippen LogP contribution is 2.17. The number of hydrogen-bond donors (Lipinski definition) is 0. The highest BCUT2D eigenvalue weighted by Gasteiger charge is 2.24. The molecule has 8 nitrogen and oxygen atoms in total. The van der Waals surface area contributed by atoms with E-state index in [9.17, 15) is 4.79 Å². The monoisotopic (exact) mass is 424 g/mol. The first kappa shape index (κ1) is 21.3. The fourth-order valence-corrected chi connectivity index (χ4v) is 3.67. The Morgan fingerprint density at radius 2 is 1.87 bits per heavy atom. The highest BCUT2D eigenvalue weighted by molar-refractivity contribution is 5.91. The third-order valence-electron chi connectivity index (χ3n) is 5.46. The Kier molecular flexibility index (Phi) is 6.79. The number of aromatic nitrogens is 2. The summed E-state index contributed by atoms with van der Waals surface area (Å²) in [7, 11) is 1.60. The van der Waals surface area contributed by atoms with E-state index in [1.54, 1.807) is 19.2 Å². The van der Waals surface area contributed by atoms with Crippen molar-refractivity contribution in [2.45, 2.75) is 26.4 Å². The van der Waals surface area contributed by atoms with Crippen LogP contribution in [0.4, 0.5) is 0 Å². The molecule has 1 amide bonds. The summed E-state index contributed by atoms with van der Waals surface area (Å²) < 4.78 is 16.0. The molecule has 0 N–H and O–H groups in total. The number of ether oxygens (including phenoxy) is 1. The van der Waals surface area contributed by atoms with Gasteiger partial charge in [0, 0.05) is 45.3 Å². The summed E-state index contributed by atoms with van der Waals surface area (Å²) >= 11 is 0. The van der Waals surface area contributed by atoms with Crippen molar-refractivity contribution >= 4 is 5.91 Å². The summed E-state index contributed by atoms with van der Waals surface area (Å²) in [6.45, 7) is 6.42. The Morgan fingerprint density at radius 1 is 1.10 bits per heavy atom. The number of hydrogen-bond acceptors (Lipinski definition) is 7. The van der Waals surface area contributed by atoms with Gasteiger partial charge in [-0.05, 0) is 32.0 Å². The molecular weight excluding hydrogens is 396 g/mol. The third-order valence-corrected chi connectivity index (χ3v) is 5.46. The van der Waals surface area contributed by atoms with Crippen molar-refractivity contribution < 1.29 is 18.5 Å². The van der Waals surface area contributed by atoms with Crippen LogP contribution in [-0.2, 0) is 17.8 Å². The van der Waals surface area contributed by atoms with Crippen molar-refractivity contribution in [1.82, 2.24) is 19.9 Å². The van der Waals surface area contributed by atoms with E-state index in [4.69, 9.17) is 13.7 Å². The maximum atomic E-state index is 12.6. The van der Waals surface area contributed by atoms with Crippen molar-refractivity contribution in [2.75, 3.05) is 39.8 Å². The second kappa shape index (κ2) is 9.89. The standard InChI is InChI=1S/C23H28N4O4/c1-17-5-7-18(8-6-17)22-24-21(31-25-22)4-3-11-26-12-14-27(15-13-26)23(28)20-10-9-19(30-20)16-29-2/h5-10H,3-4,11-16H2,1-2H3. The highest BCUT2D eigenvalue weighted by atomic mass is 16.5. The number of rotatable bonds is 8. The molecule has 0 bridgehead atoms. The van der Waals surface area contributed by atoms with Gasteiger partial charge in [0.05, 0.1) is 0 Å². The first-order valence-corrected chi connectivity index (χ1v) is 10.6. The summed E-state index contributed by atoms with van der Waals surface area (Å²) in [5.41, 5.74) is 2.17. The maximum absolute atomic E-state index is 12.6. The van der Waals surface area contributed by atoms with Crippen LogP contribution in [0.25, 0.3) is 11.4 Å². The number of furan rings is 1. The Labute approximate surface area is 181 Å². The lowest BCUT2D eigenvalue weighted by atomic mass is 10.1. The van der Waals surface area contributed by atoms with Crippen LogP contribution in [0, 0.1) is 6.92 Å². The number of carbonyl (C=O) groups is 1. The minimum atomic E-state index is -0.0588. The van der Waals surface area contributed by atoms with Crippen LogP contribution in [0.15, 0.2) is 45.3 Å². The van der Waals surface area contributed by atoms with Crippen molar-refractivity contribution in [3.05, 3.63) is 59.4 Å². The van der Waals surface area contributed by atoms with Crippen LogP contribution in [0.5, 0.6) is 0 Å². The first-order chi connectivity index (χ1) is 15.1. The van der Waals surface area contributed by atoms with Gasteiger partial charge in [-0.1, -0.05) is 35.0 Å². The summed E-state index contributed by atoms with van der Waals surface area (Å²) in [5.74, 6) is 2.27. The molecule has 31 heavy (non-hydrogen) atoms. The van der Waals surface area contributed by atoms with Gasteiger partial charge in [0.25, 0.3) is 5.91 Å². The lowest BCUT2D eigenvalue weighted by molar-refractivity contribution is 0.0598. The predicted octanol–water partition coefficient (Wildman–Crippen LogP) is 3.18. The van der Waals surface area contributed by atoms with Gasteiger partial charge in [0.2, 0.25) is 11.7 Å². The van der Waals surface area contributed by atoms with E-state index in [2.05, 4.69) is 22.0 Å². The number of piperazine rings is 1. The summed E-state index contributed by atoms with van der Waals surface area (Å²) in [6.07, 6.45) is 1.68. The molecule has 8 heteroatoms. The molecule has 1 fully saturated rings. The van der Waals surface area contributed by atoms with Gasteiger partial charge in [0.1, 0.15) is 12.4 Å². The minimum absolute atomic E-state index is 0.0588. The van der Waals surface area contributed by atoms with E-state index < -0.39 is 0 Å². The fourth-order valence-electron chi connectivity index (χ4n) is 3.67. The van der Waals surface area contributed by atoms with Crippen LogP contribution >= 0.6 is 0 Å². The topological polar surface area (TPSA) is 84.8 Å². The SMILES string of the molecule is COCc1ccc(C(=O)N2CCN(CCCc3nc(-c4ccc(C)cc4)no3)CC2)o1. The number of amides is 1. The van der Waals surface area contributed by atoms with Gasteiger partial charge in [0.15, 0.2) is 5.76 Å². The van der Waals surface area contributed by atoms with Gasteiger partial charge >= 0.3 is 0 Å². The molecule has 2 aromatic heterocycles. The Hall–Kier alpha value is -2.97. The zero-order valence-corrected chi connectivity index (χ0v) is 18.0. The second-order valence-electron chi connectivity index (χ2n) is 7.81. The molecule has 1 aromatic carbocycles. The summed E-state index contributed by atoms with van der Waals surface area (Å²) in [5, 5.41) is 4.09. The summed E-state index contributed by atoms with van der Waals surface area (Å²) in [6, 6.07) is 11.6. The molecule has 1 saturated heterocycles. The molecule has 164 valence electrons. The Morgan fingerprint density at radius 3 is 2.61 bits per heavy atom. The number of benzene rings is 1. The number of carbonyl (C=O) groups excluding carboxylic acids is 1. The number of nitrogens with zero attached hydrogens (tertiary/aromatic N) is 4. The molecule has 0 radical (unpaired) electrons. The molecule has 4 rings (SSSR count). The van der Waals surface area contributed by atoms with E-state index in [1.165, 1.54) is 5.56 Å². The molecule has 0 unspecified atom stereocenters. The lowest BCUT2D eigenvalue weighted by Gasteiger charge is -2.34. The second-order valence-corrected chi connectivity index (χ2v) is 7.81. The molecule has 3 aromatic rings. The third kappa shape index (κ3) is 5.39. The smallest absolute Gasteiger partial charge is 0.289 e. The van der Waals surface area contributed by atoms with Crippen molar-refractivity contribution in [3.63, 3.8) is 0 Å². The van der Waals surface area contributed by atoms with Crippen molar-refractivity contribution in [3.8, 4) is 11.4 Å². The average Bonchev–Trinajstić information content (AvgIpc) is 3.45.